The number of fused-ring (bicyclic) bond motifs is 1. The predicted octanol–water partition coefficient (Wildman–Crippen LogP) is 2.36. The van der Waals surface area contributed by atoms with Crippen molar-refractivity contribution < 1.29 is 4.79 Å². The molecular formula is C22H26N6O2. The van der Waals surface area contributed by atoms with Gasteiger partial charge in [0.1, 0.15) is 17.7 Å². The van der Waals surface area contributed by atoms with Crippen LogP contribution in [0.1, 0.15) is 37.7 Å². The van der Waals surface area contributed by atoms with Crippen molar-refractivity contribution in [3.8, 4) is 0 Å². The monoisotopic (exact) mass is 406 g/mol. The molecule has 1 aliphatic rings. The molecule has 3 heterocycles. The summed E-state index contributed by atoms with van der Waals surface area (Å²) in [5.74, 6) is 1.23. The molecule has 1 aliphatic heterocycles. The molecule has 8 nitrogen and oxygen atoms in total. The fraction of sp³-hybridized carbons (Fsp3) is 0.409. The molecule has 0 spiro atoms. The van der Waals surface area contributed by atoms with E-state index < -0.39 is 0 Å². The average molecular weight is 406 g/mol. The Hall–Kier alpha value is -3.29. The summed E-state index contributed by atoms with van der Waals surface area (Å²) >= 11 is 0. The lowest BCUT2D eigenvalue weighted by molar-refractivity contribution is -0.132. The van der Waals surface area contributed by atoms with Crippen LogP contribution < -0.4 is 10.9 Å². The molecule has 156 valence electrons. The fourth-order valence-electron chi connectivity index (χ4n) is 3.85. The summed E-state index contributed by atoms with van der Waals surface area (Å²) < 4.78 is 1.40. The van der Waals surface area contributed by atoms with Crippen LogP contribution in [-0.2, 0) is 11.3 Å². The van der Waals surface area contributed by atoms with Crippen molar-refractivity contribution >= 4 is 22.5 Å². The molecule has 0 radical (unpaired) electrons. The van der Waals surface area contributed by atoms with Gasteiger partial charge in [-0.15, -0.1) is 0 Å². The fourth-order valence-corrected chi connectivity index (χ4v) is 3.85. The van der Waals surface area contributed by atoms with Gasteiger partial charge in [0.15, 0.2) is 0 Å². The number of carbonyl (C=O) groups excluding carboxylic acids is 1. The van der Waals surface area contributed by atoms with E-state index in [-0.39, 0.29) is 24.1 Å². The van der Waals surface area contributed by atoms with E-state index in [9.17, 15) is 9.59 Å². The van der Waals surface area contributed by atoms with Crippen LogP contribution in [0.3, 0.4) is 0 Å². The summed E-state index contributed by atoms with van der Waals surface area (Å²) in [7, 11) is 0. The molecule has 0 aliphatic carbocycles. The third-order valence-electron chi connectivity index (χ3n) is 5.37. The van der Waals surface area contributed by atoms with Crippen LogP contribution in [-0.4, -0.2) is 49.7 Å². The van der Waals surface area contributed by atoms with Crippen molar-refractivity contribution in [1.29, 1.82) is 0 Å². The van der Waals surface area contributed by atoms with E-state index in [1.54, 1.807) is 25.3 Å². The summed E-state index contributed by atoms with van der Waals surface area (Å²) in [5.41, 5.74) is 0.500. The lowest BCUT2D eigenvalue weighted by Crippen LogP contribution is -2.44. The van der Waals surface area contributed by atoms with E-state index in [1.807, 2.05) is 30.0 Å². The van der Waals surface area contributed by atoms with Crippen LogP contribution >= 0.6 is 0 Å². The highest BCUT2D eigenvalue weighted by molar-refractivity contribution is 5.84. The number of rotatable bonds is 5. The van der Waals surface area contributed by atoms with E-state index in [2.05, 4.69) is 20.4 Å². The van der Waals surface area contributed by atoms with Gasteiger partial charge in [-0.05, 0) is 39.2 Å². The maximum absolute atomic E-state index is 12.7. The van der Waals surface area contributed by atoms with Crippen molar-refractivity contribution in [3.63, 3.8) is 0 Å². The van der Waals surface area contributed by atoms with E-state index in [0.717, 1.165) is 31.3 Å². The maximum Gasteiger partial charge on any atom is 0.274 e. The van der Waals surface area contributed by atoms with Crippen LogP contribution in [0.15, 0.2) is 41.3 Å². The molecule has 1 aromatic carbocycles. The molecule has 8 heteroatoms. The molecule has 3 aromatic rings. The van der Waals surface area contributed by atoms with Crippen LogP contribution in [0.2, 0.25) is 0 Å². The number of amides is 1. The standard InChI is InChI=1S/C22H26N6O2/c1-15(21(29)27-10-6-3-7-11-27)24-20-12-18(25-16(2)26-20)14-28-22(30)19-9-5-4-8-17(19)13-23-28/h4-5,8-9,12-13,15H,3,6-7,10-11,14H2,1-2H3,(H,24,25,26)/t15-/m1/s1. The Kier molecular flexibility index (Phi) is 5.74. The van der Waals surface area contributed by atoms with Crippen molar-refractivity contribution in [2.75, 3.05) is 18.4 Å². The maximum atomic E-state index is 12.7. The predicted molar refractivity (Wildman–Crippen MR) is 115 cm³/mol. The van der Waals surface area contributed by atoms with Crippen molar-refractivity contribution in [2.24, 2.45) is 0 Å². The lowest BCUT2D eigenvalue weighted by Gasteiger charge is -2.29. The van der Waals surface area contributed by atoms with Gasteiger partial charge in [0.05, 0.1) is 23.8 Å². The van der Waals surface area contributed by atoms with Gasteiger partial charge >= 0.3 is 0 Å². The zero-order valence-electron chi connectivity index (χ0n) is 17.3. The van der Waals surface area contributed by atoms with Crippen LogP contribution in [0.25, 0.3) is 10.8 Å². The Labute approximate surface area is 175 Å². The number of nitrogens with one attached hydrogen (secondary N) is 1. The third kappa shape index (κ3) is 4.32. The number of nitrogens with zero attached hydrogens (tertiary/aromatic N) is 5. The molecule has 30 heavy (non-hydrogen) atoms. The minimum Gasteiger partial charge on any atom is -0.359 e. The molecule has 0 unspecified atom stereocenters. The SMILES string of the molecule is Cc1nc(Cn2ncc3ccccc3c2=O)cc(N[C@H](C)C(=O)N2CCCCC2)n1. The van der Waals surface area contributed by atoms with Gasteiger partial charge in [-0.2, -0.15) is 5.10 Å². The smallest absolute Gasteiger partial charge is 0.274 e. The largest absolute Gasteiger partial charge is 0.359 e. The normalized spacial score (nSPS) is 15.2. The molecule has 1 atom stereocenters. The zero-order chi connectivity index (χ0) is 21.1. The molecule has 1 fully saturated rings. The number of hydrogen-bond donors (Lipinski definition) is 1. The Balaban J connectivity index is 1.53. The summed E-state index contributed by atoms with van der Waals surface area (Å²) in [6.07, 6.45) is 4.98. The van der Waals surface area contributed by atoms with E-state index in [4.69, 9.17) is 0 Å². The molecule has 1 saturated heterocycles. The van der Waals surface area contributed by atoms with Crippen LogP contribution in [0.5, 0.6) is 0 Å². The molecule has 0 bridgehead atoms. The lowest BCUT2D eigenvalue weighted by atomic mass is 10.1. The first-order chi connectivity index (χ1) is 14.5. The molecular weight excluding hydrogens is 380 g/mol. The summed E-state index contributed by atoms with van der Waals surface area (Å²) in [5, 5.41) is 8.91. The van der Waals surface area contributed by atoms with Gasteiger partial charge in [0.25, 0.3) is 5.56 Å². The van der Waals surface area contributed by atoms with Gasteiger partial charge in [0.2, 0.25) is 5.91 Å². The van der Waals surface area contributed by atoms with E-state index in [1.165, 1.54) is 11.1 Å². The number of aromatic nitrogens is 4. The van der Waals surface area contributed by atoms with Gasteiger partial charge < -0.3 is 10.2 Å². The molecule has 1 N–H and O–H groups in total. The highest BCUT2D eigenvalue weighted by Crippen LogP contribution is 2.14. The van der Waals surface area contributed by atoms with Crippen LogP contribution in [0, 0.1) is 6.92 Å². The Morgan fingerprint density at radius 1 is 1.17 bits per heavy atom. The van der Waals surface area contributed by atoms with E-state index in [0.29, 0.717) is 22.7 Å². The Bertz CT molecular complexity index is 1120. The van der Waals surface area contributed by atoms with Crippen LogP contribution in [0.4, 0.5) is 5.82 Å². The highest BCUT2D eigenvalue weighted by atomic mass is 16.2. The number of benzene rings is 1. The minimum absolute atomic E-state index is 0.0833. The number of likely N-dealkylation sites (tertiary alicyclic amines) is 1. The van der Waals surface area contributed by atoms with Gasteiger partial charge in [0, 0.05) is 24.5 Å². The number of piperidine rings is 1. The van der Waals surface area contributed by atoms with Gasteiger partial charge in [-0.1, -0.05) is 18.2 Å². The summed E-state index contributed by atoms with van der Waals surface area (Å²) in [4.78, 5) is 36.2. The second-order valence-corrected chi connectivity index (χ2v) is 7.74. The second kappa shape index (κ2) is 8.61. The molecule has 2 aromatic heterocycles. The second-order valence-electron chi connectivity index (χ2n) is 7.74. The number of anilines is 1. The van der Waals surface area contributed by atoms with Gasteiger partial charge in [-0.25, -0.2) is 14.6 Å². The van der Waals surface area contributed by atoms with Crippen molar-refractivity contribution in [2.45, 2.75) is 45.7 Å². The number of carbonyl (C=O) groups is 1. The molecule has 0 saturated carbocycles. The molecule has 4 rings (SSSR count). The Morgan fingerprint density at radius 2 is 1.93 bits per heavy atom. The quantitative estimate of drug-likeness (QED) is 0.699. The summed E-state index contributed by atoms with van der Waals surface area (Å²) in [6, 6.07) is 8.77. The van der Waals surface area contributed by atoms with Crippen molar-refractivity contribution in [1.82, 2.24) is 24.6 Å². The number of aryl methyl sites for hydroxylation is 1. The van der Waals surface area contributed by atoms with E-state index >= 15 is 0 Å². The third-order valence-corrected chi connectivity index (χ3v) is 5.37. The summed E-state index contributed by atoms with van der Waals surface area (Å²) in [6.45, 7) is 5.51. The Morgan fingerprint density at radius 3 is 2.73 bits per heavy atom. The first kappa shape index (κ1) is 20.0. The molecule has 1 amide bonds. The van der Waals surface area contributed by atoms with Gasteiger partial charge in [-0.3, -0.25) is 9.59 Å². The topological polar surface area (TPSA) is 93.0 Å². The average Bonchev–Trinajstić information content (AvgIpc) is 2.75. The highest BCUT2D eigenvalue weighted by Gasteiger charge is 2.22. The first-order valence-electron chi connectivity index (χ1n) is 10.4. The number of hydrogen-bond acceptors (Lipinski definition) is 6. The minimum atomic E-state index is -0.383. The first-order valence-corrected chi connectivity index (χ1v) is 10.4. The zero-order valence-corrected chi connectivity index (χ0v) is 17.3. The van der Waals surface area contributed by atoms with Crippen molar-refractivity contribution in [3.05, 3.63) is 58.4 Å².